The molecule has 0 saturated heterocycles. The van der Waals surface area contributed by atoms with Gasteiger partial charge in [-0.15, -0.1) is 0 Å². The van der Waals surface area contributed by atoms with Crippen LogP contribution in [0.3, 0.4) is 0 Å². The summed E-state index contributed by atoms with van der Waals surface area (Å²) in [5.74, 6) is 3.37. The van der Waals surface area contributed by atoms with Gasteiger partial charge in [0.1, 0.15) is 5.78 Å². The molecule has 4 aliphatic rings. The maximum atomic E-state index is 12.5. The number of carbonyl (C=O) groups excluding carboxylic acids is 1. The van der Waals surface area contributed by atoms with E-state index in [1.54, 1.807) is 0 Å². The Kier molecular flexibility index (Phi) is 2.60. The average molecular weight is 220 g/mol. The molecule has 1 nitrogen and oxygen atoms in total. The van der Waals surface area contributed by atoms with Crippen molar-refractivity contribution in [2.45, 2.75) is 64.7 Å². The number of hydrogen-bond acceptors (Lipinski definition) is 1. The Morgan fingerprint density at radius 2 is 1.56 bits per heavy atom. The first-order valence-electron chi connectivity index (χ1n) is 7.25. The lowest BCUT2D eigenvalue weighted by Gasteiger charge is -2.56. The van der Waals surface area contributed by atoms with Gasteiger partial charge < -0.3 is 0 Å². The Labute approximate surface area is 99.0 Å². The third-order valence-electron chi connectivity index (χ3n) is 5.39. The minimum Gasteiger partial charge on any atom is -0.299 e. The van der Waals surface area contributed by atoms with Gasteiger partial charge in [0, 0.05) is 11.8 Å². The van der Waals surface area contributed by atoms with Crippen LogP contribution in [0, 0.1) is 23.2 Å². The molecule has 0 unspecified atom stereocenters. The molecule has 0 N–H and O–H groups in total. The van der Waals surface area contributed by atoms with E-state index in [1.807, 2.05) is 0 Å². The molecule has 0 aromatic heterocycles. The molecule has 1 heteroatoms. The Balaban J connectivity index is 1.75. The maximum absolute atomic E-state index is 12.5. The average Bonchev–Trinajstić information content (AvgIpc) is 2.24. The van der Waals surface area contributed by atoms with E-state index in [2.05, 4.69) is 6.92 Å². The predicted molar refractivity (Wildman–Crippen MR) is 65.1 cm³/mol. The van der Waals surface area contributed by atoms with E-state index in [0.717, 1.165) is 37.0 Å². The smallest absolute Gasteiger partial charge is 0.139 e. The number of unbranched alkanes of at least 4 members (excludes halogenated alkanes) is 1. The van der Waals surface area contributed by atoms with E-state index in [0.29, 0.717) is 5.78 Å². The summed E-state index contributed by atoms with van der Waals surface area (Å²) in [6.07, 6.45) is 11.2. The molecule has 0 radical (unpaired) electrons. The molecule has 0 heterocycles. The zero-order valence-electron chi connectivity index (χ0n) is 10.5. The van der Waals surface area contributed by atoms with Crippen molar-refractivity contribution in [3.05, 3.63) is 0 Å². The molecule has 0 aliphatic heterocycles. The monoisotopic (exact) mass is 220 g/mol. The van der Waals surface area contributed by atoms with Crippen molar-refractivity contribution in [1.82, 2.24) is 0 Å². The fourth-order valence-electron chi connectivity index (χ4n) is 5.05. The molecular formula is C15H24O. The number of hydrogen-bond donors (Lipinski definition) is 0. The van der Waals surface area contributed by atoms with Gasteiger partial charge in [0.05, 0.1) is 0 Å². The summed E-state index contributed by atoms with van der Waals surface area (Å²) in [6, 6.07) is 0. The second kappa shape index (κ2) is 3.85. The molecule has 4 aliphatic carbocycles. The van der Waals surface area contributed by atoms with Crippen LogP contribution in [-0.4, -0.2) is 5.78 Å². The molecule has 0 aromatic carbocycles. The van der Waals surface area contributed by atoms with Crippen LogP contribution >= 0.6 is 0 Å². The second-order valence-corrected chi connectivity index (χ2v) is 6.72. The molecular weight excluding hydrogens is 196 g/mol. The third kappa shape index (κ3) is 1.63. The van der Waals surface area contributed by atoms with E-state index in [-0.39, 0.29) is 5.41 Å². The van der Waals surface area contributed by atoms with Crippen molar-refractivity contribution in [2.75, 3.05) is 0 Å². The maximum Gasteiger partial charge on any atom is 0.139 e. The van der Waals surface area contributed by atoms with Crippen LogP contribution in [0.4, 0.5) is 0 Å². The summed E-state index contributed by atoms with van der Waals surface area (Å²) in [4.78, 5) is 12.5. The van der Waals surface area contributed by atoms with Crippen LogP contribution < -0.4 is 0 Å². The molecule has 0 spiro atoms. The van der Waals surface area contributed by atoms with Gasteiger partial charge in [-0.2, -0.15) is 0 Å². The van der Waals surface area contributed by atoms with E-state index in [1.165, 1.54) is 38.5 Å². The Morgan fingerprint density at radius 1 is 1.06 bits per heavy atom. The highest BCUT2D eigenvalue weighted by atomic mass is 16.1. The van der Waals surface area contributed by atoms with Crippen molar-refractivity contribution in [3.63, 3.8) is 0 Å². The highest BCUT2D eigenvalue weighted by Gasteiger charge is 2.53. The lowest BCUT2D eigenvalue weighted by Crippen LogP contribution is -2.49. The van der Waals surface area contributed by atoms with Gasteiger partial charge >= 0.3 is 0 Å². The molecule has 0 amide bonds. The first kappa shape index (κ1) is 10.8. The first-order chi connectivity index (χ1) is 7.72. The lowest BCUT2D eigenvalue weighted by atomic mass is 9.48. The predicted octanol–water partition coefficient (Wildman–Crippen LogP) is 3.96. The zero-order valence-corrected chi connectivity index (χ0v) is 10.5. The first-order valence-corrected chi connectivity index (χ1v) is 7.25. The molecule has 90 valence electrons. The van der Waals surface area contributed by atoms with Crippen molar-refractivity contribution < 1.29 is 4.79 Å². The highest BCUT2D eigenvalue weighted by molar-refractivity contribution is 5.85. The Hall–Kier alpha value is -0.330. The van der Waals surface area contributed by atoms with Crippen LogP contribution in [0.5, 0.6) is 0 Å². The van der Waals surface area contributed by atoms with Crippen molar-refractivity contribution in [1.29, 1.82) is 0 Å². The molecule has 4 saturated carbocycles. The summed E-state index contributed by atoms with van der Waals surface area (Å²) >= 11 is 0. The van der Waals surface area contributed by atoms with Gasteiger partial charge in [-0.05, 0) is 62.7 Å². The van der Waals surface area contributed by atoms with Gasteiger partial charge in [0.2, 0.25) is 0 Å². The Bertz CT molecular complexity index is 257. The van der Waals surface area contributed by atoms with Crippen molar-refractivity contribution in [2.24, 2.45) is 23.2 Å². The summed E-state index contributed by atoms with van der Waals surface area (Å²) in [5.41, 5.74) is 0.171. The fourth-order valence-corrected chi connectivity index (χ4v) is 5.05. The molecule has 0 atom stereocenters. The third-order valence-corrected chi connectivity index (χ3v) is 5.39. The van der Waals surface area contributed by atoms with E-state index in [9.17, 15) is 4.79 Å². The summed E-state index contributed by atoms with van der Waals surface area (Å²) in [6.45, 7) is 2.19. The largest absolute Gasteiger partial charge is 0.299 e. The van der Waals surface area contributed by atoms with Gasteiger partial charge in [0.25, 0.3) is 0 Å². The van der Waals surface area contributed by atoms with Gasteiger partial charge in [0.15, 0.2) is 0 Å². The fraction of sp³-hybridized carbons (Fsp3) is 0.933. The SMILES string of the molecule is CCCCC(=O)C12CC3CC(CC(C3)C1)C2. The summed E-state index contributed by atoms with van der Waals surface area (Å²) in [5, 5.41) is 0. The minimum absolute atomic E-state index is 0.171. The van der Waals surface area contributed by atoms with Crippen LogP contribution in [0.2, 0.25) is 0 Å². The van der Waals surface area contributed by atoms with Crippen LogP contribution in [0.15, 0.2) is 0 Å². The molecule has 16 heavy (non-hydrogen) atoms. The topological polar surface area (TPSA) is 17.1 Å². The molecule has 0 aromatic rings. The zero-order chi connectivity index (χ0) is 11.2. The molecule has 4 bridgehead atoms. The number of carbonyl (C=O) groups is 1. The van der Waals surface area contributed by atoms with Crippen molar-refractivity contribution in [3.8, 4) is 0 Å². The lowest BCUT2D eigenvalue weighted by molar-refractivity contribution is -0.144. The Morgan fingerprint density at radius 3 is 2.00 bits per heavy atom. The molecule has 4 fully saturated rings. The number of rotatable bonds is 4. The van der Waals surface area contributed by atoms with E-state index >= 15 is 0 Å². The number of ketones is 1. The van der Waals surface area contributed by atoms with Crippen LogP contribution in [0.25, 0.3) is 0 Å². The van der Waals surface area contributed by atoms with Crippen LogP contribution in [-0.2, 0) is 4.79 Å². The standard InChI is InChI=1S/C15H24O/c1-2-3-4-14(16)15-8-11-5-12(9-15)7-13(6-11)10-15/h11-13H,2-10H2,1H3. The quantitative estimate of drug-likeness (QED) is 0.701. The van der Waals surface area contributed by atoms with Gasteiger partial charge in [-0.25, -0.2) is 0 Å². The second-order valence-electron chi connectivity index (χ2n) is 6.72. The summed E-state index contributed by atoms with van der Waals surface area (Å²) < 4.78 is 0. The van der Waals surface area contributed by atoms with Gasteiger partial charge in [-0.1, -0.05) is 13.3 Å². The normalized spacial score (nSPS) is 44.9. The van der Waals surface area contributed by atoms with Crippen molar-refractivity contribution >= 4 is 5.78 Å². The van der Waals surface area contributed by atoms with E-state index < -0.39 is 0 Å². The summed E-state index contributed by atoms with van der Waals surface area (Å²) in [7, 11) is 0. The van der Waals surface area contributed by atoms with Crippen LogP contribution in [0.1, 0.15) is 64.7 Å². The minimum atomic E-state index is 0.171. The van der Waals surface area contributed by atoms with E-state index in [4.69, 9.17) is 0 Å². The van der Waals surface area contributed by atoms with Gasteiger partial charge in [-0.3, -0.25) is 4.79 Å². The highest BCUT2D eigenvalue weighted by Crippen LogP contribution is 2.60. The number of Topliss-reactive ketones (excluding diaryl/α,β-unsaturated/α-hetero) is 1. The molecule has 4 rings (SSSR count).